The molecule has 4 N–H and O–H groups in total. The number of hydrogen-bond donors (Lipinski definition) is 2. The van der Waals surface area contributed by atoms with E-state index in [9.17, 15) is 0 Å². The SMILES string of the molecule is CCCCCC(N)N.I. The van der Waals surface area contributed by atoms with E-state index in [0.29, 0.717) is 0 Å². The lowest BCUT2D eigenvalue weighted by Crippen LogP contribution is -2.29. The molecule has 0 fully saturated rings. The van der Waals surface area contributed by atoms with Gasteiger partial charge in [-0.25, -0.2) is 0 Å². The first-order valence-corrected chi connectivity index (χ1v) is 3.28. The lowest BCUT2D eigenvalue weighted by molar-refractivity contribution is 0.575. The molecule has 2 nitrogen and oxygen atoms in total. The smallest absolute Gasteiger partial charge is 0.0520 e. The largest absolute Gasteiger partial charge is 0.316 e. The number of nitrogens with two attached hydrogens (primary N) is 2. The molecule has 0 heterocycles. The Morgan fingerprint density at radius 3 is 2.11 bits per heavy atom. The lowest BCUT2D eigenvalue weighted by atomic mass is 10.2. The highest BCUT2D eigenvalue weighted by Crippen LogP contribution is 1.97. The Morgan fingerprint density at radius 1 is 1.22 bits per heavy atom. The van der Waals surface area contributed by atoms with E-state index in [1.54, 1.807) is 0 Å². The monoisotopic (exact) mass is 244 g/mol. The fraction of sp³-hybridized carbons (Fsp3) is 1.00. The van der Waals surface area contributed by atoms with Crippen molar-refractivity contribution in [2.75, 3.05) is 0 Å². The van der Waals surface area contributed by atoms with Crippen LogP contribution in [0.15, 0.2) is 0 Å². The third-order valence-electron chi connectivity index (χ3n) is 1.14. The molecule has 0 aliphatic carbocycles. The van der Waals surface area contributed by atoms with Gasteiger partial charge in [-0.2, -0.15) is 0 Å². The molecule has 0 saturated carbocycles. The van der Waals surface area contributed by atoms with Crippen molar-refractivity contribution in [3.8, 4) is 0 Å². The van der Waals surface area contributed by atoms with Gasteiger partial charge in [-0.1, -0.05) is 26.2 Å². The zero-order valence-corrected chi connectivity index (χ0v) is 8.30. The number of unbranched alkanes of at least 4 members (excludes halogenated alkanes) is 2. The minimum Gasteiger partial charge on any atom is -0.316 e. The van der Waals surface area contributed by atoms with Crippen molar-refractivity contribution in [3.05, 3.63) is 0 Å². The van der Waals surface area contributed by atoms with Gasteiger partial charge in [-0.05, 0) is 6.42 Å². The van der Waals surface area contributed by atoms with Gasteiger partial charge in [-0.3, -0.25) is 0 Å². The van der Waals surface area contributed by atoms with Crippen molar-refractivity contribution < 1.29 is 0 Å². The van der Waals surface area contributed by atoms with Crippen LogP contribution in [0.25, 0.3) is 0 Å². The average molecular weight is 244 g/mol. The minimum absolute atomic E-state index is 0. The summed E-state index contributed by atoms with van der Waals surface area (Å²) in [6.07, 6.45) is 4.54. The highest BCUT2D eigenvalue weighted by Gasteiger charge is 1.90. The van der Waals surface area contributed by atoms with Crippen LogP contribution in [0.1, 0.15) is 32.6 Å². The fourth-order valence-corrected chi connectivity index (χ4v) is 0.630. The molecular formula is C6H17IN2. The first kappa shape index (κ1) is 12.3. The second-order valence-corrected chi connectivity index (χ2v) is 2.16. The number of halogens is 1. The van der Waals surface area contributed by atoms with Crippen LogP contribution in [0.5, 0.6) is 0 Å². The Hall–Kier alpha value is 0.650. The topological polar surface area (TPSA) is 52.0 Å². The Morgan fingerprint density at radius 2 is 1.78 bits per heavy atom. The summed E-state index contributed by atoms with van der Waals surface area (Å²) in [4.78, 5) is 0. The van der Waals surface area contributed by atoms with Crippen LogP contribution in [0.2, 0.25) is 0 Å². The van der Waals surface area contributed by atoms with E-state index < -0.39 is 0 Å². The summed E-state index contributed by atoms with van der Waals surface area (Å²) < 4.78 is 0. The lowest BCUT2D eigenvalue weighted by Gasteiger charge is -2.01. The number of rotatable bonds is 4. The van der Waals surface area contributed by atoms with E-state index >= 15 is 0 Å². The van der Waals surface area contributed by atoms with Crippen LogP contribution >= 0.6 is 24.0 Å². The molecule has 0 atom stereocenters. The summed E-state index contributed by atoms with van der Waals surface area (Å²) in [6, 6.07) is 0. The van der Waals surface area contributed by atoms with Crippen molar-refractivity contribution >= 4 is 24.0 Å². The summed E-state index contributed by atoms with van der Waals surface area (Å²) >= 11 is 0. The quantitative estimate of drug-likeness (QED) is 0.446. The third-order valence-corrected chi connectivity index (χ3v) is 1.14. The molecule has 0 aromatic rings. The predicted octanol–water partition coefficient (Wildman–Crippen LogP) is 1.43. The maximum absolute atomic E-state index is 5.31. The summed E-state index contributed by atoms with van der Waals surface area (Å²) in [5.41, 5.74) is 10.6. The van der Waals surface area contributed by atoms with E-state index in [4.69, 9.17) is 11.5 Å². The average Bonchev–Trinajstić information content (AvgIpc) is 1.66. The first-order valence-electron chi connectivity index (χ1n) is 3.28. The highest BCUT2D eigenvalue weighted by atomic mass is 127. The van der Waals surface area contributed by atoms with Crippen molar-refractivity contribution in [3.63, 3.8) is 0 Å². The van der Waals surface area contributed by atoms with E-state index in [1.165, 1.54) is 19.3 Å². The number of hydrogen-bond acceptors (Lipinski definition) is 2. The van der Waals surface area contributed by atoms with Gasteiger partial charge in [0.15, 0.2) is 0 Å². The zero-order valence-electron chi connectivity index (χ0n) is 5.97. The normalized spacial score (nSPS) is 9.33. The molecule has 0 radical (unpaired) electrons. The van der Waals surface area contributed by atoms with E-state index in [1.807, 2.05) is 0 Å². The van der Waals surface area contributed by atoms with Crippen molar-refractivity contribution in [1.29, 1.82) is 0 Å². The Balaban J connectivity index is 0. The molecule has 9 heavy (non-hydrogen) atoms. The van der Waals surface area contributed by atoms with Crippen LogP contribution in [0.3, 0.4) is 0 Å². The summed E-state index contributed by atoms with van der Waals surface area (Å²) in [7, 11) is 0. The Labute approximate surface area is 74.4 Å². The second kappa shape index (κ2) is 8.65. The third kappa shape index (κ3) is 12.0. The molecule has 0 unspecified atom stereocenters. The molecule has 0 aliphatic heterocycles. The molecule has 3 heteroatoms. The first-order chi connectivity index (χ1) is 3.77. The molecule has 0 saturated heterocycles. The van der Waals surface area contributed by atoms with Crippen LogP contribution < -0.4 is 11.5 Å². The van der Waals surface area contributed by atoms with Gasteiger partial charge < -0.3 is 11.5 Å². The Bertz CT molecular complexity index is 48.3. The standard InChI is InChI=1S/C6H16N2.HI/c1-2-3-4-5-6(7)8;/h6H,2-5,7-8H2,1H3;1H. The predicted molar refractivity (Wildman–Crippen MR) is 51.7 cm³/mol. The molecule has 0 bridgehead atoms. The maximum atomic E-state index is 5.31. The van der Waals surface area contributed by atoms with Gasteiger partial charge in [0.25, 0.3) is 0 Å². The second-order valence-electron chi connectivity index (χ2n) is 2.16. The van der Waals surface area contributed by atoms with Crippen molar-refractivity contribution in [2.45, 2.75) is 38.8 Å². The van der Waals surface area contributed by atoms with Gasteiger partial charge in [-0.15, -0.1) is 24.0 Å². The van der Waals surface area contributed by atoms with E-state index in [-0.39, 0.29) is 30.1 Å². The van der Waals surface area contributed by atoms with Crippen LogP contribution in [-0.2, 0) is 0 Å². The highest BCUT2D eigenvalue weighted by molar-refractivity contribution is 14.0. The van der Waals surface area contributed by atoms with Crippen molar-refractivity contribution in [1.82, 2.24) is 0 Å². The van der Waals surface area contributed by atoms with Crippen LogP contribution in [0.4, 0.5) is 0 Å². The van der Waals surface area contributed by atoms with E-state index in [2.05, 4.69) is 6.92 Å². The van der Waals surface area contributed by atoms with Crippen LogP contribution in [-0.4, -0.2) is 6.17 Å². The molecule has 0 rings (SSSR count). The van der Waals surface area contributed by atoms with Crippen LogP contribution in [0, 0.1) is 0 Å². The zero-order chi connectivity index (χ0) is 6.41. The molecule has 58 valence electrons. The molecule has 0 amide bonds. The minimum atomic E-state index is -0.0958. The van der Waals surface area contributed by atoms with Gasteiger partial charge in [0, 0.05) is 0 Å². The van der Waals surface area contributed by atoms with E-state index in [0.717, 1.165) is 6.42 Å². The summed E-state index contributed by atoms with van der Waals surface area (Å²) in [5, 5.41) is 0. The summed E-state index contributed by atoms with van der Waals surface area (Å²) in [6.45, 7) is 2.17. The Kier molecular flexibility index (Phi) is 11.9. The van der Waals surface area contributed by atoms with Gasteiger partial charge >= 0.3 is 0 Å². The maximum Gasteiger partial charge on any atom is 0.0520 e. The molecule has 0 aliphatic rings. The molecular weight excluding hydrogens is 227 g/mol. The van der Waals surface area contributed by atoms with Gasteiger partial charge in [0.2, 0.25) is 0 Å². The van der Waals surface area contributed by atoms with Gasteiger partial charge in [0.05, 0.1) is 6.17 Å². The molecule has 0 spiro atoms. The fourth-order valence-electron chi connectivity index (χ4n) is 0.630. The molecule has 0 aromatic heterocycles. The summed E-state index contributed by atoms with van der Waals surface area (Å²) in [5.74, 6) is 0. The van der Waals surface area contributed by atoms with Crippen molar-refractivity contribution in [2.24, 2.45) is 11.5 Å². The van der Waals surface area contributed by atoms with Gasteiger partial charge in [0.1, 0.15) is 0 Å². The molecule has 0 aromatic carbocycles.